The molecule has 2 aliphatic rings. The topological polar surface area (TPSA) is 12.5 Å². The summed E-state index contributed by atoms with van der Waals surface area (Å²) in [5.41, 5.74) is 3.37. The van der Waals surface area contributed by atoms with Gasteiger partial charge in [0.2, 0.25) is 0 Å². The van der Waals surface area contributed by atoms with Crippen molar-refractivity contribution in [2.75, 3.05) is 36.5 Å². The van der Waals surface area contributed by atoms with E-state index in [1.54, 1.807) is 0 Å². The average Bonchev–Trinajstić information content (AvgIpc) is 2.49. The van der Waals surface area contributed by atoms with Gasteiger partial charge in [-0.05, 0) is 37.3 Å². The van der Waals surface area contributed by atoms with Crippen LogP contribution >= 0.6 is 15.9 Å². The van der Waals surface area contributed by atoms with Crippen molar-refractivity contribution in [1.82, 2.24) is 0 Å². The molecule has 19 heavy (non-hydrogen) atoms. The van der Waals surface area contributed by atoms with Crippen molar-refractivity contribution < 1.29 is 4.74 Å². The number of nitrogens with zero attached hydrogens (tertiary/aromatic N) is 1. The molecule has 0 amide bonds. The normalized spacial score (nSPS) is 22.1. The number of benzene rings is 1. The van der Waals surface area contributed by atoms with Crippen LogP contribution in [-0.4, -0.2) is 31.6 Å². The number of para-hydroxylation sites is 1. The van der Waals surface area contributed by atoms with Gasteiger partial charge in [0.1, 0.15) is 0 Å². The van der Waals surface area contributed by atoms with E-state index in [0.717, 1.165) is 18.5 Å². The summed E-state index contributed by atoms with van der Waals surface area (Å²) in [7, 11) is 0. The van der Waals surface area contributed by atoms with E-state index in [2.05, 4.69) is 45.1 Å². The predicted octanol–water partition coefficient (Wildman–Crippen LogP) is 3.63. The highest BCUT2D eigenvalue weighted by Crippen LogP contribution is 2.37. The first kappa shape index (κ1) is 13.4. The minimum atomic E-state index is 0.392. The summed E-state index contributed by atoms with van der Waals surface area (Å²) in [5.74, 6) is 0. The zero-order valence-electron chi connectivity index (χ0n) is 11.4. The molecule has 0 aliphatic carbocycles. The van der Waals surface area contributed by atoms with Gasteiger partial charge in [0.25, 0.3) is 0 Å². The predicted molar refractivity (Wildman–Crippen MR) is 83.3 cm³/mol. The molecule has 0 unspecified atom stereocenters. The molecule has 2 heterocycles. The second kappa shape index (κ2) is 5.84. The van der Waals surface area contributed by atoms with Crippen LogP contribution in [0.3, 0.4) is 0 Å². The average molecular weight is 324 g/mol. The summed E-state index contributed by atoms with van der Waals surface area (Å²) in [4.78, 5) is 2.60. The van der Waals surface area contributed by atoms with Crippen molar-refractivity contribution in [3.8, 4) is 0 Å². The highest BCUT2D eigenvalue weighted by Gasteiger charge is 2.34. The summed E-state index contributed by atoms with van der Waals surface area (Å²) >= 11 is 3.75. The minimum Gasteiger partial charge on any atom is -0.381 e. The molecule has 0 aromatic heterocycles. The van der Waals surface area contributed by atoms with Crippen LogP contribution in [-0.2, 0) is 11.2 Å². The third-order valence-electron chi connectivity index (χ3n) is 4.57. The largest absolute Gasteiger partial charge is 0.381 e. The Morgan fingerprint density at radius 1 is 1.21 bits per heavy atom. The number of hydrogen-bond acceptors (Lipinski definition) is 2. The summed E-state index contributed by atoms with van der Waals surface area (Å²) in [6, 6.07) is 8.90. The standard InChI is InChI=1S/C16H22BrNO/c17-12-16(7-10-19-11-8-16)13-18-9-3-5-14-4-1-2-6-15(14)18/h1-2,4,6H,3,5,7-13H2. The molecule has 3 rings (SSSR count). The molecule has 0 spiro atoms. The van der Waals surface area contributed by atoms with Crippen molar-refractivity contribution in [2.45, 2.75) is 25.7 Å². The first-order chi connectivity index (χ1) is 9.33. The number of hydrogen-bond donors (Lipinski definition) is 0. The first-order valence-corrected chi connectivity index (χ1v) is 8.42. The lowest BCUT2D eigenvalue weighted by Crippen LogP contribution is -2.44. The molecule has 2 nitrogen and oxygen atoms in total. The summed E-state index contributed by atoms with van der Waals surface area (Å²) < 4.78 is 5.55. The SMILES string of the molecule is BrCC1(CN2CCCc3ccccc32)CCOCC1. The number of rotatable bonds is 3. The number of anilines is 1. The third-order valence-corrected chi connectivity index (χ3v) is 5.76. The quantitative estimate of drug-likeness (QED) is 0.787. The molecule has 2 aliphatic heterocycles. The van der Waals surface area contributed by atoms with Gasteiger partial charge in [0.15, 0.2) is 0 Å². The van der Waals surface area contributed by atoms with Crippen LogP contribution in [0.1, 0.15) is 24.8 Å². The molecular weight excluding hydrogens is 302 g/mol. The van der Waals surface area contributed by atoms with Gasteiger partial charge in [0, 0.05) is 42.7 Å². The molecule has 1 aromatic carbocycles. The zero-order valence-corrected chi connectivity index (χ0v) is 13.0. The molecule has 0 atom stereocenters. The van der Waals surface area contributed by atoms with Crippen molar-refractivity contribution in [3.63, 3.8) is 0 Å². The van der Waals surface area contributed by atoms with E-state index in [0.29, 0.717) is 5.41 Å². The molecule has 3 heteroatoms. The Kier molecular flexibility index (Phi) is 4.13. The number of ether oxygens (including phenoxy) is 1. The molecule has 1 fully saturated rings. The van der Waals surface area contributed by atoms with Crippen LogP contribution in [0.25, 0.3) is 0 Å². The molecular formula is C16H22BrNO. The fourth-order valence-corrected chi connectivity index (χ4v) is 4.06. The second-order valence-electron chi connectivity index (χ2n) is 5.90. The highest BCUT2D eigenvalue weighted by atomic mass is 79.9. The lowest BCUT2D eigenvalue weighted by Gasteiger charge is -2.42. The Morgan fingerprint density at radius 2 is 2.00 bits per heavy atom. The molecule has 1 aromatic rings. The van der Waals surface area contributed by atoms with E-state index in [1.807, 2.05) is 0 Å². The lowest BCUT2D eigenvalue weighted by atomic mass is 9.81. The van der Waals surface area contributed by atoms with Gasteiger partial charge in [-0.3, -0.25) is 0 Å². The van der Waals surface area contributed by atoms with Crippen molar-refractivity contribution in [2.24, 2.45) is 5.41 Å². The van der Waals surface area contributed by atoms with Crippen molar-refractivity contribution >= 4 is 21.6 Å². The number of halogens is 1. The maximum atomic E-state index is 5.55. The number of fused-ring (bicyclic) bond motifs is 1. The Labute approximate surface area is 124 Å². The second-order valence-corrected chi connectivity index (χ2v) is 6.46. The van der Waals surface area contributed by atoms with Crippen LogP contribution in [0.5, 0.6) is 0 Å². The summed E-state index contributed by atoms with van der Waals surface area (Å²) in [6.45, 7) is 4.20. The van der Waals surface area contributed by atoms with E-state index < -0.39 is 0 Å². The monoisotopic (exact) mass is 323 g/mol. The summed E-state index contributed by atoms with van der Waals surface area (Å²) in [5, 5.41) is 1.09. The zero-order chi connectivity index (χ0) is 13.1. The van der Waals surface area contributed by atoms with Crippen LogP contribution in [0.2, 0.25) is 0 Å². The van der Waals surface area contributed by atoms with Gasteiger partial charge in [-0.15, -0.1) is 0 Å². The van der Waals surface area contributed by atoms with Crippen LogP contribution in [0, 0.1) is 5.41 Å². The van der Waals surface area contributed by atoms with E-state index in [1.165, 1.54) is 50.0 Å². The van der Waals surface area contributed by atoms with Gasteiger partial charge in [0.05, 0.1) is 0 Å². The van der Waals surface area contributed by atoms with Crippen LogP contribution in [0.4, 0.5) is 5.69 Å². The van der Waals surface area contributed by atoms with Gasteiger partial charge < -0.3 is 9.64 Å². The Balaban J connectivity index is 1.79. The lowest BCUT2D eigenvalue weighted by molar-refractivity contribution is 0.0299. The van der Waals surface area contributed by atoms with Crippen LogP contribution in [0.15, 0.2) is 24.3 Å². The minimum absolute atomic E-state index is 0.392. The molecule has 104 valence electrons. The van der Waals surface area contributed by atoms with E-state index >= 15 is 0 Å². The fourth-order valence-electron chi connectivity index (χ4n) is 3.32. The van der Waals surface area contributed by atoms with Gasteiger partial charge in [-0.1, -0.05) is 34.1 Å². The van der Waals surface area contributed by atoms with Gasteiger partial charge in [-0.2, -0.15) is 0 Å². The summed E-state index contributed by atoms with van der Waals surface area (Å²) in [6.07, 6.45) is 4.87. The smallest absolute Gasteiger partial charge is 0.0472 e. The molecule has 0 saturated carbocycles. The Bertz CT molecular complexity index is 429. The van der Waals surface area contributed by atoms with Crippen molar-refractivity contribution in [3.05, 3.63) is 29.8 Å². The molecule has 0 N–H and O–H groups in total. The fraction of sp³-hybridized carbons (Fsp3) is 0.625. The third kappa shape index (κ3) is 2.82. The van der Waals surface area contributed by atoms with E-state index in [4.69, 9.17) is 4.74 Å². The molecule has 0 bridgehead atoms. The maximum Gasteiger partial charge on any atom is 0.0472 e. The first-order valence-electron chi connectivity index (χ1n) is 7.30. The Morgan fingerprint density at radius 3 is 2.79 bits per heavy atom. The number of aryl methyl sites for hydroxylation is 1. The van der Waals surface area contributed by atoms with E-state index in [9.17, 15) is 0 Å². The van der Waals surface area contributed by atoms with Crippen molar-refractivity contribution in [1.29, 1.82) is 0 Å². The maximum absolute atomic E-state index is 5.55. The van der Waals surface area contributed by atoms with E-state index in [-0.39, 0.29) is 0 Å². The molecule has 0 radical (unpaired) electrons. The highest BCUT2D eigenvalue weighted by molar-refractivity contribution is 9.09. The Hall–Kier alpha value is -0.540. The molecule has 1 saturated heterocycles. The van der Waals surface area contributed by atoms with Gasteiger partial charge >= 0.3 is 0 Å². The van der Waals surface area contributed by atoms with Gasteiger partial charge in [-0.25, -0.2) is 0 Å². The van der Waals surface area contributed by atoms with Crippen LogP contribution < -0.4 is 4.90 Å². The number of alkyl halides is 1.